The molecule has 0 spiro atoms. The Bertz CT molecular complexity index is 471. The van der Waals surface area contributed by atoms with Crippen molar-refractivity contribution in [1.82, 2.24) is 0 Å². The number of halogens is 2. The summed E-state index contributed by atoms with van der Waals surface area (Å²) in [5.74, 6) is -6.80. The standard InChI is InChI=1S/C11H10F2O4/c1-5-2-3-7(12)9(10(5)13)6(11(16)17)4-8(14)15/h2-3,6H,4H2,1H3,(H,14,15)(H,16,17). The summed E-state index contributed by atoms with van der Waals surface area (Å²) in [6, 6.07) is 2.08. The van der Waals surface area contributed by atoms with Crippen LogP contribution >= 0.6 is 0 Å². The fourth-order valence-electron chi connectivity index (χ4n) is 1.49. The van der Waals surface area contributed by atoms with Crippen LogP contribution in [0.5, 0.6) is 0 Å². The van der Waals surface area contributed by atoms with Crippen molar-refractivity contribution in [2.75, 3.05) is 0 Å². The summed E-state index contributed by atoms with van der Waals surface area (Å²) >= 11 is 0. The lowest BCUT2D eigenvalue weighted by atomic mass is 9.93. The topological polar surface area (TPSA) is 74.6 Å². The van der Waals surface area contributed by atoms with Crippen LogP contribution in [0.25, 0.3) is 0 Å². The van der Waals surface area contributed by atoms with Crippen LogP contribution in [0.2, 0.25) is 0 Å². The van der Waals surface area contributed by atoms with Gasteiger partial charge in [-0.25, -0.2) is 8.78 Å². The van der Waals surface area contributed by atoms with Crippen molar-refractivity contribution in [2.24, 2.45) is 0 Å². The third-order valence-electron chi connectivity index (χ3n) is 2.34. The van der Waals surface area contributed by atoms with Crippen molar-refractivity contribution < 1.29 is 28.6 Å². The molecule has 92 valence electrons. The van der Waals surface area contributed by atoms with Crippen LogP contribution in [0.3, 0.4) is 0 Å². The number of benzene rings is 1. The van der Waals surface area contributed by atoms with E-state index in [1.54, 1.807) is 0 Å². The Hall–Kier alpha value is -1.98. The third kappa shape index (κ3) is 2.77. The summed E-state index contributed by atoms with van der Waals surface area (Å²) in [4.78, 5) is 21.3. The molecular weight excluding hydrogens is 234 g/mol. The highest BCUT2D eigenvalue weighted by molar-refractivity contribution is 5.82. The monoisotopic (exact) mass is 244 g/mol. The molecule has 0 aliphatic carbocycles. The van der Waals surface area contributed by atoms with Gasteiger partial charge in [0.25, 0.3) is 0 Å². The predicted molar refractivity (Wildman–Crippen MR) is 53.7 cm³/mol. The molecule has 1 unspecified atom stereocenters. The van der Waals surface area contributed by atoms with E-state index >= 15 is 0 Å². The Balaban J connectivity index is 3.32. The van der Waals surface area contributed by atoms with E-state index in [1.165, 1.54) is 6.92 Å². The minimum Gasteiger partial charge on any atom is -0.481 e. The zero-order valence-corrected chi connectivity index (χ0v) is 8.91. The molecule has 0 saturated carbocycles. The largest absolute Gasteiger partial charge is 0.481 e. The zero-order valence-electron chi connectivity index (χ0n) is 8.91. The third-order valence-corrected chi connectivity index (χ3v) is 2.34. The fourth-order valence-corrected chi connectivity index (χ4v) is 1.49. The summed E-state index contributed by atoms with van der Waals surface area (Å²) in [6.45, 7) is 1.35. The first kappa shape index (κ1) is 13.1. The summed E-state index contributed by atoms with van der Waals surface area (Å²) < 4.78 is 27.0. The molecule has 0 aliphatic rings. The van der Waals surface area contributed by atoms with Gasteiger partial charge in [0.05, 0.1) is 12.3 Å². The van der Waals surface area contributed by atoms with Crippen molar-refractivity contribution in [3.63, 3.8) is 0 Å². The molecule has 1 aromatic carbocycles. The van der Waals surface area contributed by atoms with E-state index in [1.807, 2.05) is 0 Å². The molecule has 6 heteroatoms. The number of hydrogen-bond donors (Lipinski definition) is 2. The first-order valence-electron chi connectivity index (χ1n) is 4.73. The number of rotatable bonds is 4. The van der Waals surface area contributed by atoms with Crippen LogP contribution < -0.4 is 0 Å². The Kier molecular flexibility index (Phi) is 3.77. The van der Waals surface area contributed by atoms with Gasteiger partial charge in [0.1, 0.15) is 11.6 Å². The van der Waals surface area contributed by atoms with Crippen LogP contribution in [0.4, 0.5) is 8.78 Å². The minimum atomic E-state index is -1.73. The molecule has 0 amide bonds. The number of aliphatic carboxylic acids is 2. The van der Waals surface area contributed by atoms with E-state index in [4.69, 9.17) is 10.2 Å². The lowest BCUT2D eigenvalue weighted by Crippen LogP contribution is -2.19. The van der Waals surface area contributed by atoms with E-state index in [0.29, 0.717) is 0 Å². The molecule has 0 radical (unpaired) electrons. The van der Waals surface area contributed by atoms with Crippen molar-refractivity contribution in [3.8, 4) is 0 Å². The average Bonchev–Trinajstić information content (AvgIpc) is 2.22. The average molecular weight is 244 g/mol. The highest BCUT2D eigenvalue weighted by atomic mass is 19.1. The molecule has 1 rings (SSSR count). The van der Waals surface area contributed by atoms with Gasteiger partial charge in [0.15, 0.2) is 0 Å². The molecule has 0 bridgehead atoms. The molecule has 0 heterocycles. The number of carboxylic acids is 2. The SMILES string of the molecule is Cc1ccc(F)c(C(CC(=O)O)C(=O)O)c1F. The molecular formula is C11H10F2O4. The van der Waals surface area contributed by atoms with Crippen LogP contribution in [0.1, 0.15) is 23.5 Å². The van der Waals surface area contributed by atoms with Gasteiger partial charge in [-0.1, -0.05) is 6.07 Å². The highest BCUT2D eigenvalue weighted by Crippen LogP contribution is 2.27. The fraction of sp³-hybridized carbons (Fsp3) is 0.273. The predicted octanol–water partition coefficient (Wildman–Crippen LogP) is 1.92. The van der Waals surface area contributed by atoms with Gasteiger partial charge in [-0.3, -0.25) is 9.59 Å². The van der Waals surface area contributed by atoms with Crippen LogP contribution in [0.15, 0.2) is 12.1 Å². The Morgan fingerprint density at radius 3 is 2.35 bits per heavy atom. The number of hydrogen-bond acceptors (Lipinski definition) is 2. The van der Waals surface area contributed by atoms with Gasteiger partial charge >= 0.3 is 11.9 Å². The lowest BCUT2D eigenvalue weighted by Gasteiger charge is -2.13. The van der Waals surface area contributed by atoms with E-state index < -0.39 is 41.5 Å². The Morgan fingerprint density at radius 1 is 1.29 bits per heavy atom. The van der Waals surface area contributed by atoms with Gasteiger partial charge in [0.2, 0.25) is 0 Å². The van der Waals surface area contributed by atoms with Gasteiger partial charge < -0.3 is 10.2 Å². The van der Waals surface area contributed by atoms with E-state index in [2.05, 4.69) is 0 Å². The second-order valence-electron chi connectivity index (χ2n) is 3.58. The van der Waals surface area contributed by atoms with Gasteiger partial charge in [-0.05, 0) is 18.6 Å². The summed E-state index contributed by atoms with van der Waals surface area (Å²) in [6.07, 6.45) is -0.868. The summed E-state index contributed by atoms with van der Waals surface area (Å²) in [5, 5.41) is 17.4. The van der Waals surface area contributed by atoms with Crippen molar-refractivity contribution in [2.45, 2.75) is 19.3 Å². The maximum absolute atomic E-state index is 13.6. The number of aryl methyl sites for hydroxylation is 1. The summed E-state index contributed by atoms with van der Waals surface area (Å²) in [5.41, 5.74) is -0.641. The smallest absolute Gasteiger partial charge is 0.311 e. The van der Waals surface area contributed by atoms with E-state index in [9.17, 15) is 18.4 Å². The Morgan fingerprint density at radius 2 is 1.88 bits per heavy atom. The van der Waals surface area contributed by atoms with Crippen LogP contribution in [-0.4, -0.2) is 22.2 Å². The molecule has 17 heavy (non-hydrogen) atoms. The second-order valence-corrected chi connectivity index (χ2v) is 3.58. The molecule has 0 saturated heterocycles. The molecule has 4 nitrogen and oxygen atoms in total. The van der Waals surface area contributed by atoms with Gasteiger partial charge in [-0.15, -0.1) is 0 Å². The second kappa shape index (κ2) is 4.90. The highest BCUT2D eigenvalue weighted by Gasteiger charge is 2.29. The van der Waals surface area contributed by atoms with Gasteiger partial charge in [-0.2, -0.15) is 0 Å². The molecule has 2 N–H and O–H groups in total. The van der Waals surface area contributed by atoms with E-state index in [-0.39, 0.29) is 5.56 Å². The molecule has 0 fully saturated rings. The van der Waals surface area contributed by atoms with Crippen molar-refractivity contribution in [3.05, 3.63) is 34.9 Å². The maximum atomic E-state index is 13.6. The number of carboxylic acid groups (broad SMARTS) is 2. The molecule has 1 aromatic rings. The van der Waals surface area contributed by atoms with E-state index in [0.717, 1.165) is 12.1 Å². The normalized spacial score (nSPS) is 12.2. The van der Waals surface area contributed by atoms with Crippen molar-refractivity contribution in [1.29, 1.82) is 0 Å². The minimum absolute atomic E-state index is 0.0676. The van der Waals surface area contributed by atoms with Gasteiger partial charge in [0, 0.05) is 5.56 Å². The molecule has 0 aliphatic heterocycles. The Labute approximate surface area is 95.5 Å². The first-order valence-corrected chi connectivity index (χ1v) is 4.73. The van der Waals surface area contributed by atoms with Crippen molar-refractivity contribution >= 4 is 11.9 Å². The van der Waals surface area contributed by atoms with Crippen LogP contribution in [-0.2, 0) is 9.59 Å². The maximum Gasteiger partial charge on any atom is 0.311 e. The molecule has 1 atom stereocenters. The first-order chi connectivity index (χ1) is 7.84. The lowest BCUT2D eigenvalue weighted by molar-refractivity contribution is -0.145. The summed E-state index contributed by atoms with van der Waals surface area (Å²) in [7, 11) is 0. The molecule has 0 aromatic heterocycles. The van der Waals surface area contributed by atoms with Crippen LogP contribution in [0, 0.1) is 18.6 Å². The zero-order chi connectivity index (χ0) is 13.2. The quantitative estimate of drug-likeness (QED) is 0.848. The number of carbonyl (C=O) groups is 2.